The van der Waals surface area contributed by atoms with Crippen molar-refractivity contribution in [2.45, 2.75) is 19.8 Å². The van der Waals surface area contributed by atoms with Crippen molar-refractivity contribution >= 4 is 11.0 Å². The molecule has 16 heavy (non-hydrogen) atoms. The van der Waals surface area contributed by atoms with Crippen LogP contribution in [0.15, 0.2) is 12.1 Å². The fraction of sp³-hybridized carbons (Fsp3) is 0.400. The number of hydrogen-bond donors (Lipinski definition) is 4. The summed E-state index contributed by atoms with van der Waals surface area (Å²) in [4.78, 5) is 0. The number of aryl methyl sites for hydroxylation is 1. The number of aromatic nitrogens is 3. The van der Waals surface area contributed by atoms with Crippen molar-refractivity contribution in [2.24, 2.45) is 0 Å². The highest BCUT2D eigenvalue weighted by Crippen LogP contribution is 2.17. The largest absolute Gasteiger partial charge is 0.367 e. The number of benzene rings is 1. The first kappa shape index (κ1) is 11.0. The van der Waals surface area contributed by atoms with Crippen molar-refractivity contribution in [3.8, 4) is 0 Å². The Morgan fingerprint density at radius 3 is 2.94 bits per heavy atom. The molecule has 0 saturated carbocycles. The average Bonchev–Trinajstić information content (AvgIpc) is 2.69. The van der Waals surface area contributed by atoms with Crippen LogP contribution >= 0.6 is 0 Å². The predicted molar refractivity (Wildman–Crippen MR) is 58.6 cm³/mol. The van der Waals surface area contributed by atoms with Crippen LogP contribution in [0.4, 0.5) is 0 Å². The van der Waals surface area contributed by atoms with Gasteiger partial charge in [-0.05, 0) is 24.1 Å². The summed E-state index contributed by atoms with van der Waals surface area (Å²) in [5.41, 5.74) is 3.81. The zero-order valence-electron chi connectivity index (χ0n) is 8.94. The van der Waals surface area contributed by atoms with E-state index in [1.807, 2.05) is 19.1 Å². The summed E-state index contributed by atoms with van der Waals surface area (Å²) < 4.78 is 0. The van der Waals surface area contributed by atoms with E-state index in [0.29, 0.717) is 6.54 Å². The smallest absolute Gasteiger partial charge is 0.164 e. The second-order valence-corrected chi connectivity index (χ2v) is 3.65. The van der Waals surface area contributed by atoms with Gasteiger partial charge in [0.25, 0.3) is 0 Å². The minimum Gasteiger partial charge on any atom is -0.367 e. The number of nitrogens with zero attached hydrogens (tertiary/aromatic N) is 2. The lowest BCUT2D eigenvalue weighted by atomic mass is 10.1. The Labute approximate surface area is 92.3 Å². The Balaban J connectivity index is 2.15. The maximum absolute atomic E-state index is 8.70. The third-order valence-electron chi connectivity index (χ3n) is 2.50. The van der Waals surface area contributed by atoms with Gasteiger partial charge in [0.15, 0.2) is 6.29 Å². The molecule has 0 spiro atoms. The Kier molecular flexibility index (Phi) is 3.14. The number of fused-ring (bicyclic) bond motifs is 1. The molecule has 1 heterocycles. The summed E-state index contributed by atoms with van der Waals surface area (Å²) in [6.45, 7) is 2.69. The van der Waals surface area contributed by atoms with Gasteiger partial charge in [0.2, 0.25) is 0 Å². The second kappa shape index (κ2) is 4.56. The van der Waals surface area contributed by atoms with Gasteiger partial charge in [-0.2, -0.15) is 15.4 Å². The van der Waals surface area contributed by atoms with E-state index in [1.54, 1.807) is 0 Å². The van der Waals surface area contributed by atoms with Gasteiger partial charge in [0.05, 0.1) is 0 Å². The van der Waals surface area contributed by atoms with Gasteiger partial charge in [-0.15, -0.1) is 0 Å². The van der Waals surface area contributed by atoms with Crippen LogP contribution in [-0.4, -0.2) is 38.5 Å². The fourth-order valence-electron chi connectivity index (χ4n) is 1.62. The molecule has 0 aliphatic heterocycles. The summed E-state index contributed by atoms with van der Waals surface area (Å²) in [6, 6.07) is 3.84. The van der Waals surface area contributed by atoms with Gasteiger partial charge in [-0.3, -0.25) is 0 Å². The molecular weight excluding hydrogens is 208 g/mol. The van der Waals surface area contributed by atoms with E-state index >= 15 is 0 Å². The van der Waals surface area contributed by atoms with Crippen molar-refractivity contribution < 1.29 is 10.2 Å². The molecule has 0 aliphatic carbocycles. The summed E-state index contributed by atoms with van der Waals surface area (Å²) in [7, 11) is 0. The Hall–Kier alpha value is -1.50. The van der Waals surface area contributed by atoms with Gasteiger partial charge in [0, 0.05) is 13.1 Å². The second-order valence-electron chi connectivity index (χ2n) is 3.65. The van der Waals surface area contributed by atoms with E-state index in [1.165, 1.54) is 0 Å². The minimum atomic E-state index is -1.32. The van der Waals surface area contributed by atoms with Gasteiger partial charge in [-0.25, -0.2) is 0 Å². The molecule has 6 nitrogen and oxygen atoms in total. The molecule has 0 radical (unpaired) electrons. The van der Waals surface area contributed by atoms with Crippen LogP contribution in [0, 0.1) is 6.92 Å². The lowest BCUT2D eigenvalue weighted by molar-refractivity contribution is -0.0373. The number of aliphatic hydroxyl groups is 2. The molecule has 0 bridgehead atoms. The molecule has 2 rings (SSSR count). The summed E-state index contributed by atoms with van der Waals surface area (Å²) >= 11 is 0. The Bertz CT molecular complexity index is 481. The molecule has 6 heteroatoms. The van der Waals surface area contributed by atoms with E-state index in [4.69, 9.17) is 10.2 Å². The third kappa shape index (κ3) is 2.19. The molecule has 0 atom stereocenters. The number of rotatable bonds is 4. The first-order chi connectivity index (χ1) is 7.68. The molecule has 1 aromatic carbocycles. The SMILES string of the molecule is Cc1c(CNCC(O)O)ccc2n[nH]nc12. The fourth-order valence-corrected chi connectivity index (χ4v) is 1.62. The quantitative estimate of drug-likeness (QED) is 0.531. The molecule has 4 N–H and O–H groups in total. The highest BCUT2D eigenvalue weighted by molar-refractivity contribution is 5.78. The lowest BCUT2D eigenvalue weighted by Crippen LogP contribution is -2.26. The van der Waals surface area contributed by atoms with Crippen LogP contribution in [0.25, 0.3) is 11.0 Å². The third-order valence-corrected chi connectivity index (χ3v) is 2.50. The molecule has 1 aromatic heterocycles. The highest BCUT2D eigenvalue weighted by Gasteiger charge is 2.06. The van der Waals surface area contributed by atoms with Crippen molar-refractivity contribution in [3.05, 3.63) is 23.3 Å². The lowest BCUT2D eigenvalue weighted by Gasteiger charge is -2.08. The number of nitrogens with one attached hydrogen (secondary N) is 2. The first-order valence-electron chi connectivity index (χ1n) is 5.04. The molecule has 0 amide bonds. The number of hydrogen-bond acceptors (Lipinski definition) is 5. The molecule has 0 unspecified atom stereocenters. The van der Waals surface area contributed by atoms with E-state index in [2.05, 4.69) is 20.7 Å². The molecule has 2 aromatic rings. The van der Waals surface area contributed by atoms with Gasteiger partial charge in [-0.1, -0.05) is 6.07 Å². The van der Waals surface area contributed by atoms with Crippen LogP contribution in [0.5, 0.6) is 0 Å². The molecule has 86 valence electrons. The van der Waals surface area contributed by atoms with Crippen LogP contribution < -0.4 is 5.32 Å². The Morgan fingerprint density at radius 1 is 1.38 bits per heavy atom. The highest BCUT2D eigenvalue weighted by atomic mass is 16.5. The standard InChI is InChI=1S/C10H14N4O2/c1-6-7(4-11-5-9(15)16)2-3-8-10(6)13-14-12-8/h2-3,9,11,15-16H,4-5H2,1H3,(H,12,13,14). The zero-order valence-corrected chi connectivity index (χ0v) is 8.94. The van der Waals surface area contributed by atoms with Crippen molar-refractivity contribution in [3.63, 3.8) is 0 Å². The van der Waals surface area contributed by atoms with E-state index in [9.17, 15) is 0 Å². The number of aliphatic hydroxyl groups excluding tert-OH is 1. The summed E-state index contributed by atoms with van der Waals surface area (Å²) in [5.74, 6) is 0. The van der Waals surface area contributed by atoms with Crippen molar-refractivity contribution in [1.82, 2.24) is 20.7 Å². The predicted octanol–water partition coefficient (Wildman–Crippen LogP) is -0.333. The zero-order chi connectivity index (χ0) is 11.5. The van der Waals surface area contributed by atoms with E-state index in [0.717, 1.165) is 22.2 Å². The maximum atomic E-state index is 8.70. The summed E-state index contributed by atoms with van der Waals surface area (Å²) in [6.07, 6.45) is -1.32. The van der Waals surface area contributed by atoms with Gasteiger partial charge in [0.1, 0.15) is 11.0 Å². The van der Waals surface area contributed by atoms with Crippen LogP contribution in [0.2, 0.25) is 0 Å². The minimum absolute atomic E-state index is 0.149. The molecule has 0 fully saturated rings. The van der Waals surface area contributed by atoms with Crippen molar-refractivity contribution in [1.29, 1.82) is 0 Å². The van der Waals surface area contributed by atoms with Crippen LogP contribution in [-0.2, 0) is 6.54 Å². The summed E-state index contributed by atoms with van der Waals surface area (Å²) in [5, 5.41) is 31.0. The van der Waals surface area contributed by atoms with Crippen molar-refractivity contribution in [2.75, 3.05) is 6.54 Å². The molecule has 0 aliphatic rings. The van der Waals surface area contributed by atoms with Gasteiger partial charge >= 0.3 is 0 Å². The average molecular weight is 222 g/mol. The van der Waals surface area contributed by atoms with Gasteiger partial charge < -0.3 is 15.5 Å². The molecular formula is C10H14N4O2. The van der Waals surface area contributed by atoms with E-state index < -0.39 is 6.29 Å². The number of H-pyrrole nitrogens is 1. The maximum Gasteiger partial charge on any atom is 0.164 e. The normalized spacial score (nSPS) is 11.5. The topological polar surface area (TPSA) is 94.1 Å². The van der Waals surface area contributed by atoms with Crippen LogP contribution in [0.1, 0.15) is 11.1 Å². The molecule has 0 saturated heterocycles. The van der Waals surface area contributed by atoms with E-state index in [-0.39, 0.29) is 6.54 Å². The first-order valence-corrected chi connectivity index (χ1v) is 5.04. The van der Waals surface area contributed by atoms with Crippen LogP contribution in [0.3, 0.4) is 0 Å². The Morgan fingerprint density at radius 2 is 2.19 bits per heavy atom. The number of aromatic amines is 1. The monoisotopic (exact) mass is 222 g/mol.